The van der Waals surface area contributed by atoms with Crippen molar-refractivity contribution >= 4 is 12.1 Å². The van der Waals surface area contributed by atoms with Gasteiger partial charge in [-0.1, -0.05) is 75.4 Å². The predicted molar refractivity (Wildman–Crippen MR) is 104 cm³/mol. The van der Waals surface area contributed by atoms with Crippen LogP contribution in [0.3, 0.4) is 0 Å². The number of carbonyl (C=O) groups is 1. The quantitative estimate of drug-likeness (QED) is 0.559. The average molecular weight is 362 g/mol. The molecule has 0 aliphatic rings. The summed E-state index contributed by atoms with van der Waals surface area (Å²) in [4.78, 5) is 13.2. The number of nitrogens with zero attached hydrogens (tertiary/aromatic N) is 5. The molecule has 0 saturated heterocycles. The molecule has 0 bridgehead atoms. The van der Waals surface area contributed by atoms with E-state index in [1.807, 2.05) is 42.5 Å². The number of carbonyl (C=O) groups excluding carboxylic acids is 1. The fraction of sp³-hybridized carbons (Fsp3) is 0.250. The lowest BCUT2D eigenvalue weighted by molar-refractivity contribution is -0.122. The first-order chi connectivity index (χ1) is 12.9. The Hall–Kier alpha value is -3.35. The van der Waals surface area contributed by atoms with E-state index in [-0.39, 0.29) is 17.9 Å². The number of nitrogens with one attached hydrogen (secondary N) is 1. The molecule has 0 fully saturated rings. The molecular formula is C20H22N6O. The van der Waals surface area contributed by atoms with Crippen LogP contribution in [0.1, 0.15) is 31.9 Å². The van der Waals surface area contributed by atoms with Gasteiger partial charge in [0.2, 0.25) is 5.82 Å². The van der Waals surface area contributed by atoms with Gasteiger partial charge in [0.15, 0.2) is 0 Å². The molecular weight excluding hydrogens is 340 g/mol. The highest BCUT2D eigenvalue weighted by Gasteiger charge is 2.12. The maximum absolute atomic E-state index is 12.0. The van der Waals surface area contributed by atoms with Gasteiger partial charge in [0.05, 0.1) is 6.21 Å². The normalized spacial score (nSPS) is 11.7. The molecule has 3 aromatic rings. The lowest BCUT2D eigenvalue weighted by atomic mass is 9.87. The van der Waals surface area contributed by atoms with Crippen LogP contribution >= 0.6 is 0 Å². The summed E-state index contributed by atoms with van der Waals surface area (Å²) in [5, 5.41) is 16.0. The fourth-order valence-corrected chi connectivity index (χ4v) is 2.42. The molecule has 138 valence electrons. The molecule has 0 aliphatic carbocycles. The van der Waals surface area contributed by atoms with E-state index in [0.717, 1.165) is 11.1 Å². The Balaban J connectivity index is 1.54. The van der Waals surface area contributed by atoms with Crippen LogP contribution in [0.4, 0.5) is 0 Å². The molecule has 27 heavy (non-hydrogen) atoms. The molecule has 2 aromatic carbocycles. The van der Waals surface area contributed by atoms with Crippen LogP contribution < -0.4 is 5.43 Å². The van der Waals surface area contributed by atoms with Crippen LogP contribution in [0.2, 0.25) is 0 Å². The van der Waals surface area contributed by atoms with Gasteiger partial charge in [-0.05, 0) is 21.8 Å². The highest BCUT2D eigenvalue weighted by atomic mass is 16.2. The minimum absolute atomic E-state index is 0.0554. The van der Waals surface area contributed by atoms with Gasteiger partial charge in [0.25, 0.3) is 5.91 Å². The van der Waals surface area contributed by atoms with Crippen LogP contribution in [-0.4, -0.2) is 32.3 Å². The van der Waals surface area contributed by atoms with Crippen LogP contribution in [0.15, 0.2) is 59.7 Å². The number of hydrogen-bond acceptors (Lipinski definition) is 5. The summed E-state index contributed by atoms with van der Waals surface area (Å²) in [5.41, 5.74) is 5.58. The van der Waals surface area contributed by atoms with Crippen molar-refractivity contribution in [1.29, 1.82) is 0 Å². The first kappa shape index (κ1) is 18.4. The van der Waals surface area contributed by atoms with Crippen molar-refractivity contribution in [1.82, 2.24) is 25.6 Å². The standard InChI is InChI=1S/C20H22N6O/c1-20(2,3)17-11-9-15(10-12-17)13-21-22-18(27)14-26-24-19(23-25-26)16-7-5-4-6-8-16/h4-13H,14H2,1-3H3,(H,22,27)/b21-13+. The first-order valence-corrected chi connectivity index (χ1v) is 8.67. The van der Waals surface area contributed by atoms with Gasteiger partial charge in [-0.25, -0.2) is 5.43 Å². The van der Waals surface area contributed by atoms with E-state index in [1.54, 1.807) is 6.21 Å². The van der Waals surface area contributed by atoms with Gasteiger partial charge in [-0.2, -0.15) is 9.90 Å². The second-order valence-corrected chi connectivity index (χ2v) is 7.17. The Kier molecular flexibility index (Phi) is 5.40. The summed E-state index contributed by atoms with van der Waals surface area (Å²) >= 11 is 0. The van der Waals surface area contributed by atoms with Crippen LogP contribution in [0.5, 0.6) is 0 Å². The summed E-state index contributed by atoms with van der Waals surface area (Å²) in [5.74, 6) is 0.153. The van der Waals surface area contributed by atoms with Crippen LogP contribution in [0.25, 0.3) is 11.4 Å². The molecule has 3 rings (SSSR count). The Morgan fingerprint density at radius 1 is 1.11 bits per heavy atom. The van der Waals surface area contributed by atoms with E-state index >= 15 is 0 Å². The third kappa shape index (κ3) is 5.07. The van der Waals surface area contributed by atoms with Gasteiger partial charge >= 0.3 is 0 Å². The lowest BCUT2D eigenvalue weighted by Gasteiger charge is -2.18. The number of rotatable bonds is 5. The maximum Gasteiger partial charge on any atom is 0.263 e. The van der Waals surface area contributed by atoms with E-state index in [2.05, 4.69) is 58.8 Å². The molecule has 1 heterocycles. The molecule has 7 heteroatoms. The average Bonchev–Trinajstić information content (AvgIpc) is 3.10. The molecule has 1 N–H and O–H groups in total. The van der Waals surface area contributed by atoms with E-state index in [0.29, 0.717) is 5.82 Å². The summed E-state index contributed by atoms with van der Waals surface area (Å²) in [7, 11) is 0. The van der Waals surface area contributed by atoms with Crippen LogP contribution in [0, 0.1) is 0 Å². The Bertz CT molecular complexity index is 923. The molecule has 0 spiro atoms. The van der Waals surface area contributed by atoms with Crippen molar-refractivity contribution in [2.24, 2.45) is 5.10 Å². The van der Waals surface area contributed by atoms with Gasteiger partial charge in [0.1, 0.15) is 6.54 Å². The van der Waals surface area contributed by atoms with Gasteiger partial charge < -0.3 is 0 Å². The minimum atomic E-state index is -0.324. The Morgan fingerprint density at radius 2 is 1.81 bits per heavy atom. The second-order valence-electron chi connectivity index (χ2n) is 7.17. The van der Waals surface area contributed by atoms with Crippen molar-refractivity contribution in [3.8, 4) is 11.4 Å². The van der Waals surface area contributed by atoms with Gasteiger partial charge in [0, 0.05) is 5.56 Å². The first-order valence-electron chi connectivity index (χ1n) is 8.67. The largest absolute Gasteiger partial charge is 0.271 e. The Morgan fingerprint density at radius 3 is 2.48 bits per heavy atom. The van der Waals surface area contributed by atoms with E-state index in [9.17, 15) is 4.79 Å². The molecule has 0 saturated carbocycles. The lowest BCUT2D eigenvalue weighted by Crippen LogP contribution is -2.24. The highest BCUT2D eigenvalue weighted by molar-refractivity contribution is 5.82. The van der Waals surface area contributed by atoms with Gasteiger partial charge in [-0.15, -0.1) is 10.2 Å². The molecule has 0 radical (unpaired) electrons. The van der Waals surface area contributed by atoms with Crippen molar-refractivity contribution in [2.45, 2.75) is 32.7 Å². The molecule has 0 atom stereocenters. The molecule has 7 nitrogen and oxygen atoms in total. The maximum atomic E-state index is 12.0. The Labute approximate surface area is 158 Å². The van der Waals surface area contributed by atoms with Crippen molar-refractivity contribution in [3.63, 3.8) is 0 Å². The van der Waals surface area contributed by atoms with Crippen molar-refractivity contribution in [2.75, 3.05) is 0 Å². The highest BCUT2D eigenvalue weighted by Crippen LogP contribution is 2.21. The summed E-state index contributed by atoms with van der Waals surface area (Å²) in [6, 6.07) is 17.5. The monoisotopic (exact) mass is 362 g/mol. The van der Waals surface area contributed by atoms with Crippen LogP contribution in [-0.2, 0) is 16.8 Å². The zero-order chi connectivity index (χ0) is 19.3. The number of hydrogen-bond donors (Lipinski definition) is 1. The predicted octanol–water partition coefficient (Wildman–Crippen LogP) is 2.79. The number of aromatic nitrogens is 4. The SMILES string of the molecule is CC(C)(C)c1ccc(/C=N/NC(=O)Cn2nnc(-c3ccccc3)n2)cc1. The third-order valence-electron chi connectivity index (χ3n) is 3.95. The van der Waals surface area contributed by atoms with Crippen molar-refractivity contribution < 1.29 is 4.79 Å². The molecule has 0 aliphatic heterocycles. The van der Waals surface area contributed by atoms with Gasteiger partial charge in [-0.3, -0.25) is 4.79 Å². The topological polar surface area (TPSA) is 85.1 Å². The van der Waals surface area contributed by atoms with Crippen molar-refractivity contribution in [3.05, 3.63) is 65.7 Å². The zero-order valence-corrected chi connectivity index (χ0v) is 15.6. The second kappa shape index (κ2) is 7.90. The number of amides is 1. The molecule has 1 amide bonds. The third-order valence-corrected chi connectivity index (χ3v) is 3.95. The molecule has 1 aromatic heterocycles. The summed E-state index contributed by atoms with van der Waals surface area (Å²) in [6.45, 7) is 6.44. The minimum Gasteiger partial charge on any atom is -0.271 e. The summed E-state index contributed by atoms with van der Waals surface area (Å²) in [6.07, 6.45) is 1.61. The zero-order valence-electron chi connectivity index (χ0n) is 15.6. The number of tetrazole rings is 1. The fourth-order valence-electron chi connectivity index (χ4n) is 2.42. The molecule has 0 unspecified atom stereocenters. The summed E-state index contributed by atoms with van der Waals surface area (Å²) < 4.78 is 0. The number of hydrazone groups is 1. The van der Waals surface area contributed by atoms with E-state index in [4.69, 9.17) is 0 Å². The smallest absolute Gasteiger partial charge is 0.263 e. The van der Waals surface area contributed by atoms with E-state index < -0.39 is 0 Å². The van der Waals surface area contributed by atoms with E-state index in [1.165, 1.54) is 10.4 Å². The number of benzene rings is 2.